The number of anilines is 3. The molecule has 0 unspecified atom stereocenters. The van der Waals surface area contributed by atoms with E-state index < -0.39 is 0 Å². The van der Waals surface area contributed by atoms with Crippen LogP contribution in [0.3, 0.4) is 0 Å². The highest BCUT2D eigenvalue weighted by Crippen LogP contribution is 2.48. The fourth-order valence-electron chi connectivity index (χ4n) is 9.15. The quantitative estimate of drug-likeness (QED) is 0.169. The van der Waals surface area contributed by atoms with Crippen molar-refractivity contribution in [2.75, 3.05) is 4.90 Å². The third-order valence-corrected chi connectivity index (χ3v) is 11.9. The van der Waals surface area contributed by atoms with Crippen molar-refractivity contribution in [2.45, 2.75) is 0 Å². The van der Waals surface area contributed by atoms with E-state index >= 15 is 0 Å². The minimum atomic E-state index is 0.849. The Bertz CT molecular complexity index is 3550. The lowest BCUT2D eigenvalue weighted by atomic mass is 9.95. The van der Waals surface area contributed by atoms with E-state index in [-0.39, 0.29) is 0 Å². The van der Waals surface area contributed by atoms with Crippen molar-refractivity contribution in [3.05, 3.63) is 212 Å². The van der Waals surface area contributed by atoms with Crippen molar-refractivity contribution in [2.24, 2.45) is 0 Å². The number of benzene rings is 10. The van der Waals surface area contributed by atoms with Gasteiger partial charge in [0.05, 0.1) is 16.8 Å². The average Bonchev–Trinajstić information content (AvgIpc) is 3.89. The van der Waals surface area contributed by atoms with Crippen LogP contribution in [0.25, 0.3) is 98.8 Å². The summed E-state index contributed by atoms with van der Waals surface area (Å²) in [6, 6.07) is 75.7. The van der Waals surface area contributed by atoms with E-state index in [1.54, 1.807) is 0 Å². The molecule has 276 valence electrons. The van der Waals surface area contributed by atoms with E-state index in [2.05, 4.69) is 205 Å². The number of hydrogen-bond donors (Lipinski definition) is 0. The second-order valence-corrected chi connectivity index (χ2v) is 15.2. The maximum Gasteiger partial charge on any atom is 0.143 e. The summed E-state index contributed by atoms with van der Waals surface area (Å²) in [5.41, 5.74) is 13.6. The predicted molar refractivity (Wildman–Crippen MR) is 247 cm³/mol. The van der Waals surface area contributed by atoms with Gasteiger partial charge in [0, 0.05) is 32.8 Å². The number of hydrogen-bond acceptors (Lipinski definition) is 3. The van der Waals surface area contributed by atoms with Crippen LogP contribution in [0.4, 0.5) is 17.1 Å². The van der Waals surface area contributed by atoms with E-state index in [1.807, 2.05) is 12.1 Å². The van der Waals surface area contributed by atoms with Crippen molar-refractivity contribution in [1.82, 2.24) is 0 Å². The first-order valence-electron chi connectivity index (χ1n) is 20.1. The average molecular weight is 754 g/mol. The molecule has 3 heteroatoms. The summed E-state index contributed by atoms with van der Waals surface area (Å²) < 4.78 is 13.1. The molecule has 0 aliphatic carbocycles. The van der Waals surface area contributed by atoms with Crippen molar-refractivity contribution in [3.8, 4) is 33.4 Å². The first kappa shape index (κ1) is 33.3. The zero-order valence-corrected chi connectivity index (χ0v) is 32.0. The lowest BCUT2D eigenvalue weighted by Gasteiger charge is -2.29. The summed E-state index contributed by atoms with van der Waals surface area (Å²) in [5, 5.41) is 9.14. The molecular formula is C56H35NO2. The van der Waals surface area contributed by atoms with Crippen LogP contribution in [0.2, 0.25) is 0 Å². The highest BCUT2D eigenvalue weighted by molar-refractivity contribution is 6.20. The minimum Gasteiger partial charge on any atom is -0.456 e. The summed E-state index contributed by atoms with van der Waals surface area (Å²) in [5.74, 6) is 0. The molecule has 10 aromatic carbocycles. The van der Waals surface area contributed by atoms with Crippen LogP contribution in [-0.4, -0.2) is 0 Å². The fraction of sp³-hybridized carbons (Fsp3) is 0. The summed E-state index contributed by atoms with van der Waals surface area (Å²) in [7, 11) is 0. The Kier molecular flexibility index (Phi) is 7.54. The molecule has 0 atom stereocenters. The van der Waals surface area contributed by atoms with Crippen LogP contribution < -0.4 is 4.90 Å². The second kappa shape index (κ2) is 13.4. The van der Waals surface area contributed by atoms with Gasteiger partial charge in [-0.05, 0) is 92.5 Å². The van der Waals surface area contributed by atoms with E-state index in [0.717, 1.165) is 88.4 Å². The molecule has 2 aromatic heterocycles. The number of nitrogens with zero attached hydrogens (tertiary/aromatic N) is 1. The largest absolute Gasteiger partial charge is 0.456 e. The van der Waals surface area contributed by atoms with Gasteiger partial charge in [-0.15, -0.1) is 0 Å². The summed E-state index contributed by atoms with van der Waals surface area (Å²) >= 11 is 0. The van der Waals surface area contributed by atoms with Crippen molar-refractivity contribution in [3.63, 3.8) is 0 Å². The van der Waals surface area contributed by atoms with Gasteiger partial charge in [0.15, 0.2) is 0 Å². The summed E-state index contributed by atoms with van der Waals surface area (Å²) in [6.45, 7) is 0. The molecule has 0 saturated heterocycles. The molecule has 12 rings (SSSR count). The van der Waals surface area contributed by atoms with Gasteiger partial charge >= 0.3 is 0 Å². The van der Waals surface area contributed by atoms with Crippen LogP contribution >= 0.6 is 0 Å². The van der Waals surface area contributed by atoms with Crippen LogP contribution in [0.1, 0.15) is 0 Å². The summed E-state index contributed by atoms with van der Waals surface area (Å²) in [4.78, 5) is 2.40. The second-order valence-electron chi connectivity index (χ2n) is 15.2. The zero-order chi connectivity index (χ0) is 38.9. The molecule has 3 nitrogen and oxygen atoms in total. The maximum absolute atomic E-state index is 6.74. The Morgan fingerprint density at radius 3 is 1.66 bits per heavy atom. The monoisotopic (exact) mass is 753 g/mol. The van der Waals surface area contributed by atoms with Crippen LogP contribution in [0.15, 0.2) is 221 Å². The Morgan fingerprint density at radius 2 is 0.831 bits per heavy atom. The van der Waals surface area contributed by atoms with Gasteiger partial charge in [-0.1, -0.05) is 164 Å². The van der Waals surface area contributed by atoms with Gasteiger partial charge < -0.3 is 13.7 Å². The van der Waals surface area contributed by atoms with Gasteiger partial charge in [0.25, 0.3) is 0 Å². The first-order chi connectivity index (χ1) is 29.3. The Morgan fingerprint density at radius 1 is 0.288 bits per heavy atom. The molecule has 0 amide bonds. The van der Waals surface area contributed by atoms with Crippen molar-refractivity contribution in [1.29, 1.82) is 0 Å². The molecular weight excluding hydrogens is 719 g/mol. The summed E-state index contributed by atoms with van der Waals surface area (Å²) in [6.07, 6.45) is 0. The highest BCUT2D eigenvalue weighted by atomic mass is 16.3. The van der Waals surface area contributed by atoms with E-state index in [9.17, 15) is 0 Å². The smallest absolute Gasteiger partial charge is 0.143 e. The first-order valence-corrected chi connectivity index (χ1v) is 20.1. The Balaban J connectivity index is 1.04. The van der Waals surface area contributed by atoms with Gasteiger partial charge in [-0.25, -0.2) is 0 Å². The Hall–Kier alpha value is -7.88. The van der Waals surface area contributed by atoms with Gasteiger partial charge in [-0.3, -0.25) is 0 Å². The number of para-hydroxylation sites is 2. The molecule has 2 heterocycles. The van der Waals surface area contributed by atoms with E-state index in [0.29, 0.717) is 0 Å². The van der Waals surface area contributed by atoms with Gasteiger partial charge in [0.1, 0.15) is 22.3 Å². The normalized spacial score (nSPS) is 11.7. The molecule has 0 aliphatic heterocycles. The standard InChI is InChI=1S/C56H35NO2/c1-3-15-42-38(12-1)14-9-19-43(42)40-28-26-36(27-29-40)37-30-33-41(34-31-37)57(50-22-11-25-53-55(50)48-35-32-39-13-2-4-16-44(39)56(48)59-53)49-21-7-5-17-45(49)46-20-10-24-52-54(46)47-18-6-8-23-51(47)58-52/h1-35H. The molecule has 59 heavy (non-hydrogen) atoms. The minimum absolute atomic E-state index is 0.849. The number of fused-ring (bicyclic) bond motifs is 9. The maximum atomic E-state index is 6.74. The van der Waals surface area contributed by atoms with Crippen molar-refractivity contribution < 1.29 is 8.83 Å². The molecule has 0 saturated carbocycles. The lowest BCUT2D eigenvalue weighted by molar-refractivity contribution is 0.669. The SMILES string of the molecule is c1ccc(N(c2ccc(-c3ccc(-c4cccc5ccccc45)cc3)cc2)c2cccc3oc4c5ccccc5ccc4c23)c(-c2cccc3oc4ccccc4c23)c1. The highest BCUT2D eigenvalue weighted by Gasteiger charge is 2.24. The molecule has 0 N–H and O–H groups in total. The Labute approximate surface area is 340 Å². The van der Waals surface area contributed by atoms with Crippen molar-refractivity contribution >= 4 is 82.5 Å². The molecule has 0 aliphatic rings. The molecule has 0 fully saturated rings. The predicted octanol–water partition coefficient (Wildman–Crippen LogP) is 16.3. The van der Waals surface area contributed by atoms with Crippen LogP contribution in [0, 0.1) is 0 Å². The van der Waals surface area contributed by atoms with Gasteiger partial charge in [0.2, 0.25) is 0 Å². The molecule has 0 bridgehead atoms. The lowest BCUT2D eigenvalue weighted by Crippen LogP contribution is -2.11. The third-order valence-electron chi connectivity index (χ3n) is 11.9. The van der Waals surface area contributed by atoms with Crippen LogP contribution in [-0.2, 0) is 0 Å². The van der Waals surface area contributed by atoms with E-state index in [1.165, 1.54) is 27.5 Å². The molecule has 12 aromatic rings. The van der Waals surface area contributed by atoms with Gasteiger partial charge in [-0.2, -0.15) is 0 Å². The van der Waals surface area contributed by atoms with Crippen LogP contribution in [0.5, 0.6) is 0 Å². The molecule has 0 spiro atoms. The number of rotatable bonds is 6. The van der Waals surface area contributed by atoms with E-state index in [4.69, 9.17) is 8.83 Å². The number of furan rings is 2. The third kappa shape index (κ3) is 5.36. The molecule has 0 radical (unpaired) electrons. The fourth-order valence-corrected chi connectivity index (χ4v) is 9.15. The topological polar surface area (TPSA) is 29.5 Å². The zero-order valence-electron chi connectivity index (χ0n) is 32.0.